The van der Waals surface area contributed by atoms with Crippen LogP contribution < -0.4 is 21.3 Å². The first-order valence-electron chi connectivity index (χ1n) is 10.7. The highest BCUT2D eigenvalue weighted by atomic mass is 32.2. The zero-order chi connectivity index (χ0) is 25.7. The van der Waals surface area contributed by atoms with Gasteiger partial charge in [-0.15, -0.1) is 33.2 Å². The molecule has 1 aromatic rings. The third-order valence-corrected chi connectivity index (χ3v) is 9.05. The molecule has 0 aromatic carbocycles. The van der Waals surface area contributed by atoms with Gasteiger partial charge in [0.2, 0.25) is 10.5 Å². The van der Waals surface area contributed by atoms with Crippen molar-refractivity contribution >= 4 is 68.5 Å². The van der Waals surface area contributed by atoms with E-state index in [1.54, 1.807) is 17.1 Å². The van der Waals surface area contributed by atoms with Crippen LogP contribution in [0.4, 0.5) is 5.13 Å². The summed E-state index contributed by atoms with van der Waals surface area (Å²) in [5.41, 5.74) is 7.09. The van der Waals surface area contributed by atoms with E-state index in [1.807, 2.05) is 25.1 Å². The standard InChI is InChI=1S/C20H22N8O5S3/c1-8-4-27-20(36-9(2)24-27)26(8)5-10-6-34-17-13(16(30)28(17)14(10)18(31)32)23-15(29)12(25-33-3)11-7-35-19(21)22-11/h4,7,13,17,20H,5-6H2,1-3H3,(H2,21,22)(H,23,29)(H,31,32)/b25-12-/t13-,17-,20?/m1/s1. The molecule has 0 aliphatic carbocycles. The average Bonchev–Trinajstić information content (AvgIpc) is 3.49. The molecule has 0 spiro atoms. The van der Waals surface area contributed by atoms with E-state index in [-0.39, 0.29) is 27.7 Å². The van der Waals surface area contributed by atoms with Crippen LogP contribution in [0.25, 0.3) is 0 Å². The number of nitrogens with one attached hydrogen (secondary N) is 2. The topological polar surface area (TPSA) is 170 Å². The van der Waals surface area contributed by atoms with Gasteiger partial charge in [-0.1, -0.05) is 5.16 Å². The fourth-order valence-electron chi connectivity index (χ4n) is 4.34. The lowest BCUT2D eigenvalue weighted by Gasteiger charge is -2.51. The molecule has 1 unspecified atom stereocenters. The average molecular weight is 551 g/mol. The first-order chi connectivity index (χ1) is 17.2. The van der Waals surface area contributed by atoms with Gasteiger partial charge in [0.25, 0.3) is 11.8 Å². The van der Waals surface area contributed by atoms with Gasteiger partial charge in [0, 0.05) is 30.3 Å². The number of nitrogens with zero attached hydrogens (tertiary/aromatic N) is 5. The largest absolute Gasteiger partial charge is 0.543 e. The summed E-state index contributed by atoms with van der Waals surface area (Å²) in [7, 11) is 1.28. The van der Waals surface area contributed by atoms with Crippen molar-refractivity contribution in [2.45, 2.75) is 30.8 Å². The number of hydrogen-bond acceptors (Lipinski definition) is 13. The fraction of sp³-hybridized carbons (Fsp3) is 0.400. The molecule has 5 rings (SSSR count). The number of allylic oxidation sites excluding steroid dienone is 1. The zero-order valence-corrected chi connectivity index (χ0v) is 21.8. The Morgan fingerprint density at radius 3 is 2.86 bits per heavy atom. The number of thiazole rings is 1. The molecular formula is C20H22N8O5S3. The third-order valence-electron chi connectivity index (χ3n) is 5.90. The number of carbonyl (C=O) groups is 3. The van der Waals surface area contributed by atoms with Crippen LogP contribution >= 0.6 is 34.9 Å². The summed E-state index contributed by atoms with van der Waals surface area (Å²) in [6.45, 7) is 4.24. The Labute approximate surface area is 218 Å². The van der Waals surface area contributed by atoms with Crippen LogP contribution in [0.1, 0.15) is 19.5 Å². The monoisotopic (exact) mass is 550 g/mol. The minimum absolute atomic E-state index is 0.0411. The normalized spacial score (nSPS) is 25.3. The summed E-state index contributed by atoms with van der Waals surface area (Å²) >= 11 is 4.14. The van der Waals surface area contributed by atoms with Crippen molar-refractivity contribution < 1.29 is 29.4 Å². The molecule has 4 aliphatic heterocycles. The summed E-state index contributed by atoms with van der Waals surface area (Å²) in [5, 5.41) is 26.0. The van der Waals surface area contributed by atoms with Crippen molar-refractivity contribution in [3.8, 4) is 0 Å². The van der Waals surface area contributed by atoms with Crippen molar-refractivity contribution in [2.24, 2.45) is 5.16 Å². The molecular weight excluding hydrogens is 528 g/mol. The van der Waals surface area contributed by atoms with Crippen molar-refractivity contribution in [3.63, 3.8) is 0 Å². The smallest absolute Gasteiger partial charge is 0.276 e. The number of hydrogen-bond donors (Lipinski definition) is 3. The van der Waals surface area contributed by atoms with E-state index in [0.717, 1.165) is 22.1 Å². The number of nitrogens with two attached hydrogens (primary N) is 1. The molecule has 190 valence electrons. The van der Waals surface area contributed by atoms with Gasteiger partial charge in [0.15, 0.2) is 10.8 Å². The van der Waals surface area contributed by atoms with Gasteiger partial charge in [0.1, 0.15) is 24.2 Å². The maximum absolute atomic E-state index is 13.1. The van der Waals surface area contributed by atoms with Crippen LogP contribution in [0.3, 0.4) is 0 Å². The molecule has 36 heavy (non-hydrogen) atoms. The van der Waals surface area contributed by atoms with Crippen LogP contribution in [-0.2, 0) is 19.2 Å². The van der Waals surface area contributed by atoms with Gasteiger partial charge in [-0.3, -0.25) is 14.5 Å². The number of amides is 2. The van der Waals surface area contributed by atoms with E-state index in [9.17, 15) is 19.5 Å². The highest BCUT2D eigenvalue weighted by Crippen LogP contribution is 2.41. The molecule has 1 saturated heterocycles. The van der Waals surface area contributed by atoms with Crippen LogP contribution in [0.2, 0.25) is 0 Å². The molecule has 16 heteroatoms. The van der Waals surface area contributed by atoms with E-state index in [2.05, 4.69) is 25.5 Å². The molecule has 5 heterocycles. The predicted molar refractivity (Wildman–Crippen MR) is 132 cm³/mol. The van der Waals surface area contributed by atoms with Crippen LogP contribution in [0.5, 0.6) is 0 Å². The molecule has 0 saturated carbocycles. The number of nitrogen functional groups attached to an aromatic ring is 1. The molecule has 4 N–H and O–H groups in total. The van der Waals surface area contributed by atoms with Gasteiger partial charge in [-0.2, -0.15) is 0 Å². The number of fused-ring (bicyclic) bond motifs is 2. The van der Waals surface area contributed by atoms with Gasteiger partial charge in [0.05, 0.1) is 17.9 Å². The zero-order valence-electron chi connectivity index (χ0n) is 19.4. The maximum Gasteiger partial charge on any atom is 0.276 e. The molecule has 0 bridgehead atoms. The molecule has 0 radical (unpaired) electrons. The highest BCUT2D eigenvalue weighted by molar-refractivity contribution is 8.14. The summed E-state index contributed by atoms with van der Waals surface area (Å²) in [6.07, 6.45) is 1.96. The summed E-state index contributed by atoms with van der Waals surface area (Å²) < 4.78 is 0. The molecule has 1 aromatic heterocycles. The van der Waals surface area contributed by atoms with E-state index in [0.29, 0.717) is 17.9 Å². The van der Waals surface area contributed by atoms with Crippen molar-refractivity contribution in [1.29, 1.82) is 0 Å². The minimum atomic E-state index is -1.43. The van der Waals surface area contributed by atoms with Crippen LogP contribution in [0.15, 0.2) is 33.7 Å². The van der Waals surface area contributed by atoms with Crippen LogP contribution in [-0.4, -0.2) is 84.7 Å². The van der Waals surface area contributed by atoms with Crippen molar-refractivity contribution in [3.05, 3.63) is 34.2 Å². The Balaban J connectivity index is 1.33. The van der Waals surface area contributed by atoms with E-state index < -0.39 is 29.2 Å². The number of aromatic nitrogens is 1. The van der Waals surface area contributed by atoms with E-state index in [4.69, 9.17) is 10.6 Å². The summed E-state index contributed by atoms with van der Waals surface area (Å²) in [6, 6.07) is -0.938. The third kappa shape index (κ3) is 4.08. The van der Waals surface area contributed by atoms with Gasteiger partial charge >= 0.3 is 0 Å². The number of oxime groups is 1. The van der Waals surface area contributed by atoms with Crippen LogP contribution in [0, 0.1) is 0 Å². The van der Waals surface area contributed by atoms with Crippen molar-refractivity contribution in [1.82, 2.24) is 25.1 Å². The lowest BCUT2D eigenvalue weighted by molar-refractivity contribution is -0.626. The predicted octanol–water partition coefficient (Wildman–Crippen LogP) is -2.60. The number of carboxylic acid groups (broad SMARTS) is 1. The van der Waals surface area contributed by atoms with E-state index >= 15 is 0 Å². The number of rotatable bonds is 7. The first kappa shape index (κ1) is 24.5. The highest BCUT2D eigenvalue weighted by Gasteiger charge is 2.53. The number of carboxylic acids is 1. The number of carbonyl (C=O) groups excluding carboxylic acids is 3. The molecule has 1 fully saturated rings. The van der Waals surface area contributed by atoms with Gasteiger partial charge < -0.3 is 30.7 Å². The molecule has 4 aliphatic rings. The second kappa shape index (κ2) is 9.33. The Morgan fingerprint density at radius 2 is 2.19 bits per heavy atom. The molecule has 2 amide bonds. The number of β-lactam (4-membered cyclic amide) rings is 1. The first-order valence-corrected chi connectivity index (χ1v) is 13.5. The lowest BCUT2D eigenvalue weighted by Crippen LogP contribution is -2.79. The number of thioether (sulfide) groups is 2. The number of aliphatic carboxylic acids is 1. The van der Waals surface area contributed by atoms with Crippen molar-refractivity contribution in [2.75, 3.05) is 25.1 Å². The quantitative estimate of drug-likeness (QED) is 0.185. The lowest BCUT2D eigenvalue weighted by atomic mass is 10.0. The maximum atomic E-state index is 13.1. The van der Waals surface area contributed by atoms with Gasteiger partial charge in [-0.05, 0) is 24.3 Å². The van der Waals surface area contributed by atoms with Gasteiger partial charge in [-0.25, -0.2) is 4.98 Å². The number of hydrazine groups is 1. The Morgan fingerprint density at radius 1 is 1.42 bits per heavy atom. The minimum Gasteiger partial charge on any atom is -0.543 e. The summed E-state index contributed by atoms with van der Waals surface area (Å²) in [5.74, 6) is -2.28. The number of anilines is 1. The molecule has 13 nitrogen and oxygen atoms in total. The Bertz CT molecular complexity index is 1270. The second-order valence-electron chi connectivity index (χ2n) is 8.21. The fourth-order valence-corrected chi connectivity index (χ4v) is 7.29. The number of hydrazone groups is 1. The van der Waals surface area contributed by atoms with E-state index in [1.165, 1.54) is 23.8 Å². The SMILES string of the molecule is CO/N=C(\C(=O)N[C@@H]1C(=O)N2C(C(=O)[O-])=C(CN3C(C)=CN4[NH+]=C(C)SC43)CS[C@H]12)c1csc(N)n1. The molecule has 3 atom stereocenters. The summed E-state index contributed by atoms with van der Waals surface area (Å²) in [4.78, 5) is 50.2. The second-order valence-corrected chi connectivity index (χ2v) is 11.5. The Hall–Kier alpha value is -3.24. The Kier molecular flexibility index (Phi) is 6.34.